The van der Waals surface area contributed by atoms with Crippen LogP contribution in [0.25, 0.3) is 0 Å². The zero-order chi connectivity index (χ0) is 28.7. The van der Waals surface area contributed by atoms with Gasteiger partial charge in [0.05, 0.1) is 0 Å². The fourth-order valence-electron chi connectivity index (χ4n) is 6.13. The highest BCUT2D eigenvalue weighted by Crippen LogP contribution is 2.18. The molecular weight excluding hydrogens is 518 g/mol. The van der Waals surface area contributed by atoms with Gasteiger partial charge in [0.15, 0.2) is 0 Å². The van der Waals surface area contributed by atoms with E-state index in [-0.39, 0.29) is 35.5 Å². The quantitative estimate of drug-likeness (QED) is 0.222. The van der Waals surface area contributed by atoms with E-state index >= 15 is 0 Å². The third-order valence-electron chi connectivity index (χ3n) is 8.78. The minimum Gasteiger partial charge on any atom is -0.355 e. The average molecular weight is 570 g/mol. The summed E-state index contributed by atoms with van der Waals surface area (Å²) in [6.07, 6.45) is 5.27. The molecule has 0 bridgehead atoms. The molecule has 1 aromatic carbocycles. The van der Waals surface area contributed by atoms with Gasteiger partial charge in [-0.2, -0.15) is 0 Å². The number of hydrogen-bond donors (Lipinski definition) is 5. The van der Waals surface area contributed by atoms with Crippen molar-refractivity contribution in [3.63, 3.8) is 0 Å². The first-order valence-corrected chi connectivity index (χ1v) is 15.8. The minimum absolute atomic E-state index is 0.0574. The number of nitrogens with zero attached hydrogens (tertiary/aromatic N) is 2. The van der Waals surface area contributed by atoms with Crippen LogP contribution in [0.4, 0.5) is 0 Å². The second-order valence-electron chi connectivity index (χ2n) is 11.7. The Labute approximate surface area is 245 Å². The van der Waals surface area contributed by atoms with Crippen molar-refractivity contribution in [2.75, 3.05) is 78.5 Å². The molecule has 10 nitrogen and oxygen atoms in total. The molecule has 0 unspecified atom stereocenters. The fourth-order valence-corrected chi connectivity index (χ4v) is 6.13. The third kappa shape index (κ3) is 10.7. The van der Waals surface area contributed by atoms with Gasteiger partial charge in [0.25, 0.3) is 0 Å². The Hall–Kier alpha value is -2.53. The summed E-state index contributed by atoms with van der Waals surface area (Å²) < 4.78 is 0. The van der Waals surface area contributed by atoms with Gasteiger partial charge >= 0.3 is 0 Å². The fraction of sp³-hybridized carbons (Fsp3) is 0.710. The highest BCUT2D eigenvalue weighted by atomic mass is 16.2. The number of carbonyl (C=O) groups excluding carboxylic acids is 3. The summed E-state index contributed by atoms with van der Waals surface area (Å²) >= 11 is 0. The number of nitrogens with one attached hydrogen (secondary N) is 5. The Morgan fingerprint density at radius 2 is 1.10 bits per heavy atom. The topological polar surface area (TPSA) is 118 Å². The van der Waals surface area contributed by atoms with Crippen LogP contribution >= 0.6 is 0 Å². The van der Waals surface area contributed by atoms with E-state index in [4.69, 9.17) is 0 Å². The monoisotopic (exact) mass is 569 g/mol. The number of piperidine rings is 3. The summed E-state index contributed by atoms with van der Waals surface area (Å²) in [4.78, 5) is 43.3. The molecule has 0 aromatic heterocycles. The molecule has 228 valence electrons. The Bertz CT molecular complexity index is 893. The van der Waals surface area contributed by atoms with Gasteiger partial charge in [0, 0.05) is 63.6 Å². The van der Waals surface area contributed by atoms with E-state index in [9.17, 15) is 14.4 Å². The zero-order valence-corrected chi connectivity index (χ0v) is 24.7. The Kier molecular flexibility index (Phi) is 13.4. The van der Waals surface area contributed by atoms with Gasteiger partial charge in [0.1, 0.15) is 0 Å². The summed E-state index contributed by atoms with van der Waals surface area (Å²) in [5.74, 6) is 0.724. The van der Waals surface area contributed by atoms with Crippen molar-refractivity contribution in [2.24, 2.45) is 17.8 Å². The lowest BCUT2D eigenvalue weighted by Crippen LogP contribution is -2.47. The van der Waals surface area contributed by atoms with Gasteiger partial charge in [-0.3, -0.25) is 19.3 Å². The molecular formula is C31H51N7O3. The lowest BCUT2D eigenvalue weighted by molar-refractivity contribution is -0.137. The molecule has 3 aliphatic heterocycles. The lowest BCUT2D eigenvalue weighted by Gasteiger charge is -2.32. The normalized spacial score (nSPS) is 19.1. The summed E-state index contributed by atoms with van der Waals surface area (Å²) in [5, 5.41) is 16.3. The van der Waals surface area contributed by atoms with E-state index in [1.54, 1.807) is 0 Å². The highest BCUT2D eigenvalue weighted by molar-refractivity contribution is 5.79. The Balaban J connectivity index is 1.33. The van der Waals surface area contributed by atoms with Gasteiger partial charge in [-0.1, -0.05) is 30.3 Å². The smallest absolute Gasteiger partial charge is 0.226 e. The number of rotatable bonds is 14. The van der Waals surface area contributed by atoms with Crippen LogP contribution in [0.2, 0.25) is 0 Å². The van der Waals surface area contributed by atoms with Crippen LogP contribution in [0, 0.1) is 17.8 Å². The van der Waals surface area contributed by atoms with E-state index in [1.165, 1.54) is 0 Å². The van der Waals surface area contributed by atoms with Crippen LogP contribution in [-0.4, -0.2) is 106 Å². The molecule has 0 atom stereocenters. The third-order valence-corrected chi connectivity index (χ3v) is 8.78. The van der Waals surface area contributed by atoms with Gasteiger partial charge in [-0.25, -0.2) is 0 Å². The molecule has 1 aromatic rings. The molecule has 3 aliphatic rings. The first-order valence-electron chi connectivity index (χ1n) is 15.8. The maximum atomic E-state index is 13.6. The highest BCUT2D eigenvalue weighted by Gasteiger charge is 2.27. The summed E-state index contributed by atoms with van der Waals surface area (Å²) in [6.45, 7) is 9.72. The van der Waals surface area contributed by atoms with Crippen LogP contribution in [-0.2, 0) is 20.9 Å². The molecule has 0 saturated carbocycles. The molecule has 3 fully saturated rings. The average Bonchev–Trinajstić information content (AvgIpc) is 3.04. The van der Waals surface area contributed by atoms with Crippen molar-refractivity contribution < 1.29 is 14.4 Å². The Morgan fingerprint density at radius 1 is 0.634 bits per heavy atom. The van der Waals surface area contributed by atoms with Gasteiger partial charge in [-0.15, -0.1) is 0 Å². The van der Waals surface area contributed by atoms with E-state index in [1.807, 2.05) is 23.1 Å². The zero-order valence-electron chi connectivity index (χ0n) is 24.7. The standard InChI is InChI=1S/C31H51N7O3/c39-29(26-6-12-32-13-7-26)35-18-20-37(21-19-36-30(40)27-8-14-33-15-9-27)22-23-38(24-25-4-2-1-3-5-25)31(41)28-10-16-34-17-11-28/h1-5,26-28,32-34H,6-24H2,(H,35,39)(H,36,40). The van der Waals surface area contributed by atoms with Crippen LogP contribution < -0.4 is 26.6 Å². The minimum atomic E-state index is 0.0574. The van der Waals surface area contributed by atoms with E-state index < -0.39 is 0 Å². The maximum absolute atomic E-state index is 13.6. The van der Waals surface area contributed by atoms with Crippen LogP contribution in [0.3, 0.4) is 0 Å². The van der Waals surface area contributed by atoms with Crippen LogP contribution in [0.5, 0.6) is 0 Å². The van der Waals surface area contributed by atoms with Gasteiger partial charge in [-0.05, 0) is 83.4 Å². The summed E-state index contributed by atoms with van der Waals surface area (Å²) in [6, 6.07) is 10.2. The van der Waals surface area contributed by atoms with Crippen molar-refractivity contribution in [3.05, 3.63) is 35.9 Å². The molecule has 5 N–H and O–H groups in total. The first kappa shape index (κ1) is 31.4. The van der Waals surface area contributed by atoms with Crippen LogP contribution in [0.1, 0.15) is 44.1 Å². The molecule has 10 heteroatoms. The number of hydrogen-bond acceptors (Lipinski definition) is 7. The van der Waals surface area contributed by atoms with Crippen molar-refractivity contribution >= 4 is 17.7 Å². The molecule has 3 saturated heterocycles. The molecule has 0 spiro atoms. The number of amides is 3. The van der Waals surface area contributed by atoms with Crippen molar-refractivity contribution in [2.45, 2.75) is 45.1 Å². The SMILES string of the molecule is O=C(NCCN(CCNC(=O)C1CCNCC1)CCN(Cc1ccccc1)C(=O)C1CCNCC1)C1CCNCC1. The van der Waals surface area contributed by atoms with Crippen molar-refractivity contribution in [1.29, 1.82) is 0 Å². The maximum Gasteiger partial charge on any atom is 0.226 e. The molecule has 41 heavy (non-hydrogen) atoms. The second-order valence-corrected chi connectivity index (χ2v) is 11.7. The summed E-state index contributed by atoms with van der Waals surface area (Å²) in [7, 11) is 0. The van der Waals surface area contributed by atoms with Crippen LogP contribution in [0.15, 0.2) is 30.3 Å². The molecule has 0 aliphatic carbocycles. The molecule has 4 rings (SSSR count). The largest absolute Gasteiger partial charge is 0.355 e. The van der Waals surface area contributed by atoms with Crippen molar-refractivity contribution in [1.82, 2.24) is 36.4 Å². The van der Waals surface area contributed by atoms with Gasteiger partial charge in [0.2, 0.25) is 17.7 Å². The first-order chi connectivity index (χ1) is 20.1. The van der Waals surface area contributed by atoms with E-state index in [0.717, 1.165) is 83.4 Å². The molecule has 3 heterocycles. The van der Waals surface area contributed by atoms with Crippen molar-refractivity contribution in [3.8, 4) is 0 Å². The van der Waals surface area contributed by atoms with E-state index in [0.29, 0.717) is 45.8 Å². The van der Waals surface area contributed by atoms with Gasteiger partial charge < -0.3 is 31.5 Å². The summed E-state index contributed by atoms with van der Waals surface area (Å²) in [5.41, 5.74) is 1.13. The van der Waals surface area contributed by atoms with E-state index in [2.05, 4.69) is 43.6 Å². The molecule has 0 radical (unpaired) electrons. The Morgan fingerprint density at radius 3 is 1.59 bits per heavy atom. The second kappa shape index (κ2) is 17.4. The predicted molar refractivity (Wildman–Crippen MR) is 161 cm³/mol. The number of benzene rings is 1. The predicted octanol–water partition coefficient (Wildman–Crippen LogP) is 0.548. The molecule has 3 amide bonds. The number of carbonyl (C=O) groups is 3. The lowest BCUT2D eigenvalue weighted by atomic mass is 9.96.